The van der Waals surface area contributed by atoms with Crippen molar-refractivity contribution in [1.29, 1.82) is 0 Å². The first kappa shape index (κ1) is 45.3. The number of rotatable bonds is 17. The zero-order chi connectivity index (χ0) is 39.2. The predicted octanol–water partition coefficient (Wildman–Crippen LogP) is 5.23. The van der Waals surface area contributed by atoms with E-state index < -0.39 is 52.3 Å². The van der Waals surface area contributed by atoms with Crippen LogP contribution in [0.15, 0.2) is 30.3 Å². The second-order valence-corrected chi connectivity index (χ2v) is 16.4. The van der Waals surface area contributed by atoms with Crippen LogP contribution < -0.4 is 0 Å². The first-order valence-electron chi connectivity index (χ1n) is 17.6. The zero-order valence-electron chi connectivity index (χ0n) is 33.3. The first-order chi connectivity index (χ1) is 23.3. The van der Waals surface area contributed by atoms with Crippen LogP contribution in [0, 0.1) is 5.92 Å². The Labute approximate surface area is 305 Å². The van der Waals surface area contributed by atoms with Crippen LogP contribution in [0.4, 0.5) is 4.79 Å². The van der Waals surface area contributed by atoms with Crippen LogP contribution in [0.25, 0.3) is 0 Å². The second kappa shape index (κ2) is 19.8. The van der Waals surface area contributed by atoms with E-state index in [1.165, 1.54) is 4.90 Å². The lowest BCUT2D eigenvalue weighted by Gasteiger charge is -2.32. The molecule has 0 radical (unpaired) electrons. The number of likely N-dealkylation sites (N-methyl/N-ethyl adjacent to an activating group) is 1. The van der Waals surface area contributed by atoms with E-state index >= 15 is 0 Å². The molecule has 1 rings (SSSR count). The van der Waals surface area contributed by atoms with Crippen LogP contribution in [0.3, 0.4) is 0 Å². The van der Waals surface area contributed by atoms with Crippen LogP contribution in [0.1, 0.15) is 95.6 Å². The summed E-state index contributed by atoms with van der Waals surface area (Å²) < 4.78 is 27.9. The van der Waals surface area contributed by atoms with Crippen molar-refractivity contribution in [2.24, 2.45) is 5.92 Å². The van der Waals surface area contributed by atoms with Crippen LogP contribution in [0.5, 0.6) is 0 Å². The first-order valence-corrected chi connectivity index (χ1v) is 17.6. The normalized spacial score (nSPS) is 12.5. The third-order valence-electron chi connectivity index (χ3n) is 6.65. The van der Waals surface area contributed by atoms with Crippen molar-refractivity contribution in [2.75, 3.05) is 52.4 Å². The summed E-state index contributed by atoms with van der Waals surface area (Å²) in [6, 6.07) is 9.23. The van der Waals surface area contributed by atoms with Crippen molar-refractivity contribution in [3.63, 3.8) is 0 Å². The summed E-state index contributed by atoms with van der Waals surface area (Å²) in [5.74, 6) is -3.96. The lowest BCUT2D eigenvalue weighted by molar-refractivity contribution is -0.176. The molecule has 0 fully saturated rings. The molecule has 0 aliphatic heterocycles. The van der Waals surface area contributed by atoms with Crippen LogP contribution in [-0.4, -0.2) is 119 Å². The Morgan fingerprint density at radius 2 is 1.00 bits per heavy atom. The Morgan fingerprint density at radius 3 is 1.41 bits per heavy atom. The van der Waals surface area contributed by atoms with Gasteiger partial charge in [0.1, 0.15) is 29.0 Å². The zero-order valence-corrected chi connectivity index (χ0v) is 33.3. The molecule has 1 amide bonds. The third-order valence-corrected chi connectivity index (χ3v) is 6.65. The molecule has 0 unspecified atom stereocenters. The van der Waals surface area contributed by atoms with Crippen molar-refractivity contribution in [3.05, 3.63) is 35.9 Å². The van der Waals surface area contributed by atoms with E-state index in [1.54, 1.807) is 88.0 Å². The van der Waals surface area contributed by atoms with E-state index in [0.29, 0.717) is 13.1 Å². The average Bonchev–Trinajstić information content (AvgIpc) is 2.94. The van der Waals surface area contributed by atoms with Crippen molar-refractivity contribution in [2.45, 2.75) is 119 Å². The molecule has 0 aromatic heterocycles. The van der Waals surface area contributed by atoms with Crippen molar-refractivity contribution >= 4 is 30.0 Å². The maximum absolute atomic E-state index is 13.5. The van der Waals surface area contributed by atoms with Gasteiger partial charge in [0.15, 0.2) is 5.92 Å². The fourth-order valence-electron chi connectivity index (χ4n) is 4.58. The van der Waals surface area contributed by atoms with E-state index in [2.05, 4.69) is 0 Å². The Hall–Kier alpha value is -3.71. The number of carbonyl (C=O) groups is 5. The van der Waals surface area contributed by atoms with Crippen LogP contribution in [0.2, 0.25) is 0 Å². The number of nitrogens with zero attached hydrogens (tertiary/aromatic N) is 3. The summed E-state index contributed by atoms with van der Waals surface area (Å²) in [6.45, 7) is 23.3. The monoisotopic (exact) mass is 721 g/mol. The number of hydrogen-bond acceptors (Lipinski definition) is 12. The Kier molecular flexibility index (Phi) is 17.6. The molecule has 13 nitrogen and oxygen atoms in total. The van der Waals surface area contributed by atoms with Gasteiger partial charge in [-0.3, -0.25) is 29.0 Å². The molecule has 51 heavy (non-hydrogen) atoms. The average molecular weight is 722 g/mol. The highest BCUT2D eigenvalue weighted by molar-refractivity contribution is 5.95. The summed E-state index contributed by atoms with van der Waals surface area (Å²) >= 11 is 0. The second-order valence-electron chi connectivity index (χ2n) is 16.4. The minimum Gasteiger partial charge on any atom is -0.459 e. The van der Waals surface area contributed by atoms with Gasteiger partial charge >= 0.3 is 30.0 Å². The molecular weight excluding hydrogens is 658 g/mol. The molecule has 0 aliphatic carbocycles. The van der Waals surface area contributed by atoms with Crippen molar-refractivity contribution in [1.82, 2.24) is 14.7 Å². The van der Waals surface area contributed by atoms with Gasteiger partial charge in [0.2, 0.25) is 0 Å². The molecule has 290 valence electrons. The maximum atomic E-state index is 13.5. The third kappa shape index (κ3) is 21.3. The number of amides is 1. The fraction of sp³-hybridized carbons (Fsp3) is 0.711. The highest BCUT2D eigenvalue weighted by Crippen LogP contribution is 2.19. The molecule has 0 aliphatic rings. The minimum absolute atomic E-state index is 0.0267. The summed E-state index contributed by atoms with van der Waals surface area (Å²) in [6.07, 6.45) is -0.611. The summed E-state index contributed by atoms with van der Waals surface area (Å²) in [5, 5.41) is 0. The number of ether oxygens (including phenoxy) is 5. The largest absolute Gasteiger partial charge is 0.459 e. The Balaban J connectivity index is 3.38. The van der Waals surface area contributed by atoms with Crippen molar-refractivity contribution < 1.29 is 47.7 Å². The summed E-state index contributed by atoms with van der Waals surface area (Å²) in [7, 11) is 0. The van der Waals surface area contributed by atoms with Crippen molar-refractivity contribution in [3.8, 4) is 0 Å². The van der Waals surface area contributed by atoms with Gasteiger partial charge in [0.25, 0.3) is 0 Å². The molecule has 0 spiro atoms. The van der Waals surface area contributed by atoms with E-state index in [0.717, 1.165) is 5.56 Å². The topological polar surface area (TPSA) is 141 Å². The lowest BCUT2D eigenvalue weighted by Crippen LogP contribution is -2.48. The van der Waals surface area contributed by atoms with Gasteiger partial charge in [-0.2, -0.15) is 0 Å². The number of carbonyl (C=O) groups excluding carboxylic acids is 5. The van der Waals surface area contributed by atoms with Crippen LogP contribution >= 0.6 is 0 Å². The van der Waals surface area contributed by atoms with Gasteiger partial charge in [-0.05, 0) is 95.2 Å². The minimum atomic E-state index is -1.39. The molecular formula is C38H63N3O10. The van der Waals surface area contributed by atoms with Gasteiger partial charge in [0, 0.05) is 32.7 Å². The van der Waals surface area contributed by atoms with E-state index in [-0.39, 0.29) is 51.8 Å². The highest BCUT2D eigenvalue weighted by Gasteiger charge is 2.37. The molecule has 13 heteroatoms. The Morgan fingerprint density at radius 1 is 0.588 bits per heavy atom. The number of benzene rings is 1. The number of hydrogen-bond donors (Lipinski definition) is 0. The fourth-order valence-corrected chi connectivity index (χ4v) is 4.58. The SMILES string of the molecule is CCN(CCN(CCN(CC(=O)OC(C)(C)C)CC(C(=O)OC(C)(C)C)C(=O)OC(C)(C)C)C(=O)OCc1ccccc1)CC(=O)OC(C)(C)C. The van der Waals surface area contributed by atoms with Gasteiger partial charge in [-0.15, -0.1) is 0 Å². The van der Waals surface area contributed by atoms with Gasteiger partial charge < -0.3 is 28.6 Å². The van der Waals surface area contributed by atoms with Gasteiger partial charge in [-0.25, -0.2) is 4.79 Å². The molecule has 0 atom stereocenters. The molecule has 0 N–H and O–H groups in total. The Bertz CT molecular complexity index is 1250. The van der Waals surface area contributed by atoms with E-state index in [4.69, 9.17) is 23.7 Å². The highest BCUT2D eigenvalue weighted by atomic mass is 16.6. The summed E-state index contributed by atoms with van der Waals surface area (Å²) in [4.78, 5) is 70.9. The molecule has 0 saturated heterocycles. The van der Waals surface area contributed by atoms with Gasteiger partial charge in [0.05, 0.1) is 13.1 Å². The van der Waals surface area contributed by atoms with Gasteiger partial charge in [-0.1, -0.05) is 37.3 Å². The smallest absolute Gasteiger partial charge is 0.410 e. The molecule has 1 aromatic rings. The van der Waals surface area contributed by atoms with Crippen LogP contribution in [-0.2, 0) is 49.5 Å². The molecule has 1 aromatic carbocycles. The summed E-state index contributed by atoms with van der Waals surface area (Å²) in [5.41, 5.74) is -2.41. The molecule has 0 bridgehead atoms. The molecule has 0 saturated carbocycles. The molecule has 0 heterocycles. The lowest BCUT2D eigenvalue weighted by atomic mass is 10.1. The quantitative estimate of drug-likeness (QED) is 0.118. The maximum Gasteiger partial charge on any atom is 0.410 e. The predicted molar refractivity (Wildman–Crippen MR) is 194 cm³/mol. The van der Waals surface area contributed by atoms with E-state index in [9.17, 15) is 24.0 Å². The van der Waals surface area contributed by atoms with E-state index in [1.807, 2.05) is 42.2 Å². The standard InChI is InChI=1S/C38H63N3O10/c1-14-39(25-30(42)48-35(2,3)4)20-22-41(34(46)47-27-28-18-16-15-17-19-28)23-21-40(26-31(43)49-36(5,6)7)24-29(32(44)50-37(8,9)10)33(45)51-38(11,12)13/h15-19,29H,14,20-27H2,1-13H3. The number of esters is 4.